The Hall–Kier alpha value is -4.14. The summed E-state index contributed by atoms with van der Waals surface area (Å²) >= 11 is 1.90. The van der Waals surface area contributed by atoms with Crippen LogP contribution in [0.2, 0.25) is 0 Å². The number of rotatable bonds is 3. The Morgan fingerprint density at radius 1 is 0.514 bits per heavy atom. The smallest absolute Gasteiger partial charge is 0.0547 e. The molecular weight excluding hydrogens is 442 g/mol. The van der Waals surface area contributed by atoms with Crippen molar-refractivity contribution < 1.29 is 0 Å². The number of hydrogen-bond donors (Lipinski definition) is 0. The summed E-state index contributed by atoms with van der Waals surface area (Å²) in [5, 5.41) is 7.80. The Bertz CT molecular complexity index is 1860. The average Bonchev–Trinajstić information content (AvgIpc) is 3.27. The molecule has 1 nitrogen and oxygen atoms in total. The van der Waals surface area contributed by atoms with Gasteiger partial charge in [0.2, 0.25) is 0 Å². The molecule has 6 aromatic carbocycles. The minimum Gasteiger partial charge on any atom is -0.310 e. The van der Waals surface area contributed by atoms with Crippen molar-refractivity contribution >= 4 is 70.1 Å². The van der Waals surface area contributed by atoms with E-state index in [4.69, 9.17) is 0 Å². The number of thiophene rings is 1. The molecule has 1 heterocycles. The SMILES string of the molecule is Cc1ccccc1N(c1ccccc1)c1cc2c3cc4ccccc4cc3sc2c2ccccc12. The van der Waals surface area contributed by atoms with Gasteiger partial charge >= 0.3 is 0 Å². The van der Waals surface area contributed by atoms with E-state index in [1.165, 1.54) is 58.7 Å². The van der Waals surface area contributed by atoms with Crippen molar-refractivity contribution in [3.05, 3.63) is 127 Å². The summed E-state index contributed by atoms with van der Waals surface area (Å²) in [6.45, 7) is 2.19. The minimum absolute atomic E-state index is 1.16. The number of hydrogen-bond acceptors (Lipinski definition) is 2. The molecule has 0 aliphatic carbocycles. The zero-order valence-corrected chi connectivity index (χ0v) is 20.2. The summed E-state index contributed by atoms with van der Waals surface area (Å²) < 4.78 is 2.69. The molecule has 0 aliphatic heterocycles. The van der Waals surface area contributed by atoms with Crippen LogP contribution in [0.3, 0.4) is 0 Å². The summed E-state index contributed by atoms with van der Waals surface area (Å²) in [7, 11) is 0. The lowest BCUT2D eigenvalue weighted by Crippen LogP contribution is -2.11. The fourth-order valence-electron chi connectivity index (χ4n) is 5.25. The fourth-order valence-corrected chi connectivity index (χ4v) is 6.50. The van der Waals surface area contributed by atoms with Crippen LogP contribution in [0, 0.1) is 6.92 Å². The molecule has 0 amide bonds. The minimum atomic E-state index is 1.16. The van der Waals surface area contributed by atoms with Crippen LogP contribution in [0.1, 0.15) is 5.56 Å². The van der Waals surface area contributed by atoms with E-state index in [0.29, 0.717) is 0 Å². The third-order valence-electron chi connectivity index (χ3n) is 6.94. The highest BCUT2D eigenvalue weighted by Gasteiger charge is 2.20. The molecule has 7 rings (SSSR count). The van der Waals surface area contributed by atoms with Crippen LogP contribution < -0.4 is 4.90 Å². The molecule has 0 bridgehead atoms. The number of anilines is 3. The first-order chi connectivity index (χ1) is 17.3. The zero-order valence-electron chi connectivity index (χ0n) is 19.4. The number of aryl methyl sites for hydroxylation is 1. The molecule has 0 atom stereocenters. The molecule has 0 aliphatic rings. The molecule has 0 fully saturated rings. The van der Waals surface area contributed by atoms with Crippen molar-refractivity contribution in [2.75, 3.05) is 4.90 Å². The first-order valence-corrected chi connectivity index (χ1v) is 12.8. The second-order valence-corrected chi connectivity index (χ2v) is 10.1. The third-order valence-corrected chi connectivity index (χ3v) is 8.14. The molecule has 0 unspecified atom stereocenters. The molecule has 0 radical (unpaired) electrons. The molecule has 1 aromatic heterocycles. The molecule has 0 spiro atoms. The standard InChI is InChI=1S/C33H23NS/c1-22-11-5-10-18-30(22)34(25-14-3-2-4-15-25)31-21-29-28-19-23-12-6-7-13-24(23)20-32(28)35-33(29)27-17-9-8-16-26(27)31/h2-21H,1H3. The van der Waals surface area contributed by atoms with Gasteiger partial charge in [0, 0.05) is 42.3 Å². The normalized spacial score (nSPS) is 11.6. The van der Waals surface area contributed by atoms with E-state index in [0.717, 1.165) is 5.69 Å². The van der Waals surface area contributed by atoms with Crippen LogP contribution in [0.25, 0.3) is 41.7 Å². The summed E-state index contributed by atoms with van der Waals surface area (Å²) in [4.78, 5) is 2.42. The number of nitrogens with zero attached hydrogens (tertiary/aromatic N) is 1. The molecule has 0 saturated carbocycles. The van der Waals surface area contributed by atoms with Gasteiger partial charge in [-0.2, -0.15) is 0 Å². The van der Waals surface area contributed by atoms with E-state index in [2.05, 4.69) is 133 Å². The molecule has 0 N–H and O–H groups in total. The number of benzene rings is 6. The third kappa shape index (κ3) is 3.22. The predicted molar refractivity (Wildman–Crippen MR) is 154 cm³/mol. The summed E-state index contributed by atoms with van der Waals surface area (Å²) in [6, 6.07) is 44.0. The molecule has 2 heteroatoms. The van der Waals surface area contributed by atoms with Gasteiger partial charge in [-0.15, -0.1) is 11.3 Å². The second kappa shape index (κ2) is 7.97. The summed E-state index contributed by atoms with van der Waals surface area (Å²) in [5.41, 5.74) is 4.83. The second-order valence-electron chi connectivity index (χ2n) is 9.07. The molecule has 7 aromatic rings. The monoisotopic (exact) mass is 465 g/mol. The highest BCUT2D eigenvalue weighted by Crippen LogP contribution is 2.47. The van der Waals surface area contributed by atoms with Gasteiger partial charge in [-0.3, -0.25) is 0 Å². The summed E-state index contributed by atoms with van der Waals surface area (Å²) in [5.74, 6) is 0. The topological polar surface area (TPSA) is 3.24 Å². The van der Waals surface area contributed by atoms with Gasteiger partial charge in [-0.05, 0) is 59.7 Å². The quantitative estimate of drug-likeness (QED) is 0.251. The van der Waals surface area contributed by atoms with Gasteiger partial charge < -0.3 is 4.90 Å². The van der Waals surface area contributed by atoms with Gasteiger partial charge in [0.1, 0.15) is 0 Å². The van der Waals surface area contributed by atoms with Crippen molar-refractivity contribution in [2.45, 2.75) is 6.92 Å². The Morgan fingerprint density at radius 2 is 1.17 bits per heavy atom. The van der Waals surface area contributed by atoms with E-state index in [-0.39, 0.29) is 0 Å². The Labute approximate surface area is 208 Å². The first-order valence-electron chi connectivity index (χ1n) is 12.0. The van der Waals surface area contributed by atoms with Gasteiger partial charge in [-0.1, -0.05) is 84.9 Å². The molecular formula is C33H23NS. The lowest BCUT2D eigenvalue weighted by Gasteiger charge is -2.28. The van der Waals surface area contributed by atoms with Crippen LogP contribution in [0.5, 0.6) is 0 Å². The molecule has 166 valence electrons. The highest BCUT2D eigenvalue weighted by molar-refractivity contribution is 7.26. The van der Waals surface area contributed by atoms with E-state index in [1.807, 2.05) is 11.3 Å². The van der Waals surface area contributed by atoms with E-state index in [1.54, 1.807) is 0 Å². The van der Waals surface area contributed by atoms with E-state index >= 15 is 0 Å². The van der Waals surface area contributed by atoms with Crippen molar-refractivity contribution in [1.82, 2.24) is 0 Å². The average molecular weight is 466 g/mol. The first kappa shape index (κ1) is 20.3. The molecule has 35 heavy (non-hydrogen) atoms. The van der Waals surface area contributed by atoms with Crippen LogP contribution in [-0.4, -0.2) is 0 Å². The summed E-state index contributed by atoms with van der Waals surface area (Å²) in [6.07, 6.45) is 0. The largest absolute Gasteiger partial charge is 0.310 e. The molecule has 0 saturated heterocycles. The van der Waals surface area contributed by atoms with Crippen LogP contribution in [0.4, 0.5) is 17.1 Å². The fraction of sp³-hybridized carbons (Fsp3) is 0.0303. The van der Waals surface area contributed by atoms with Crippen LogP contribution >= 0.6 is 11.3 Å². The van der Waals surface area contributed by atoms with E-state index < -0.39 is 0 Å². The Kier molecular flexibility index (Phi) is 4.61. The van der Waals surface area contributed by atoms with E-state index in [9.17, 15) is 0 Å². The highest BCUT2D eigenvalue weighted by atomic mass is 32.1. The van der Waals surface area contributed by atoms with Crippen molar-refractivity contribution in [1.29, 1.82) is 0 Å². The number of para-hydroxylation sites is 2. The van der Waals surface area contributed by atoms with Crippen LogP contribution in [0.15, 0.2) is 121 Å². The maximum Gasteiger partial charge on any atom is 0.0547 e. The predicted octanol–water partition coefficient (Wildman–Crippen LogP) is 10.1. The van der Waals surface area contributed by atoms with Gasteiger partial charge in [0.15, 0.2) is 0 Å². The Balaban J connectivity index is 1.62. The van der Waals surface area contributed by atoms with Gasteiger partial charge in [0.05, 0.1) is 5.69 Å². The lowest BCUT2D eigenvalue weighted by atomic mass is 10.0. The van der Waals surface area contributed by atoms with Gasteiger partial charge in [0.25, 0.3) is 0 Å². The lowest BCUT2D eigenvalue weighted by molar-refractivity contribution is 1.26. The number of fused-ring (bicyclic) bond motifs is 6. The maximum atomic E-state index is 2.42. The van der Waals surface area contributed by atoms with Crippen LogP contribution in [-0.2, 0) is 0 Å². The zero-order chi connectivity index (χ0) is 23.4. The van der Waals surface area contributed by atoms with Crippen molar-refractivity contribution in [3.63, 3.8) is 0 Å². The van der Waals surface area contributed by atoms with Crippen molar-refractivity contribution in [3.8, 4) is 0 Å². The maximum absolute atomic E-state index is 2.42. The Morgan fingerprint density at radius 3 is 1.97 bits per heavy atom. The van der Waals surface area contributed by atoms with Gasteiger partial charge in [-0.25, -0.2) is 0 Å². The van der Waals surface area contributed by atoms with Crippen molar-refractivity contribution in [2.24, 2.45) is 0 Å².